The van der Waals surface area contributed by atoms with Gasteiger partial charge in [-0.1, -0.05) is 92.5 Å². The molecule has 0 bridgehead atoms. The molecular weight excluding hydrogens is 585 g/mol. The molecule has 0 aromatic rings. The molecule has 36 heavy (non-hydrogen) atoms. The minimum absolute atomic E-state index is 0.126. The molecule has 2 atom stereocenters. The quantitative estimate of drug-likeness (QED) is 0.0524. The molecule has 0 radical (unpaired) electrons. The summed E-state index contributed by atoms with van der Waals surface area (Å²) in [6.45, 7) is 12.0. The lowest BCUT2D eigenvalue weighted by atomic mass is 9.71. The van der Waals surface area contributed by atoms with Crippen molar-refractivity contribution in [2.75, 3.05) is 17.0 Å². The Labute approximate surface area is 234 Å². The van der Waals surface area contributed by atoms with E-state index in [1.807, 2.05) is 0 Å². The number of allylic oxidation sites excluding steroid dienone is 1. The molecular formula is C29H50INO4S. The monoisotopic (exact) mass is 635 g/mol. The first-order valence-corrected chi connectivity index (χ1v) is 17.8. The number of rotatable bonds is 17. The Hall–Kier alpha value is -0.410. The van der Waals surface area contributed by atoms with Crippen LogP contribution >= 0.6 is 32.7 Å². The summed E-state index contributed by atoms with van der Waals surface area (Å²) in [7, 11) is 0. The van der Waals surface area contributed by atoms with Gasteiger partial charge in [0.2, 0.25) is 0 Å². The van der Waals surface area contributed by atoms with Crippen LogP contribution in [0.1, 0.15) is 118 Å². The normalized spacial score (nSPS) is 19.5. The SMILES string of the molecule is CCCCCCCOC(=O)OC(C)(C)C(CC)C1CCC=C(C2=NSCI=C2OCCCCCC)C1. The number of nitrogens with zero attached hydrogens (tertiary/aromatic N) is 1. The van der Waals surface area contributed by atoms with Crippen molar-refractivity contribution >= 4 is 48.2 Å². The number of halogens is 1. The van der Waals surface area contributed by atoms with E-state index < -0.39 is 11.8 Å². The van der Waals surface area contributed by atoms with Crippen LogP contribution in [0.25, 0.3) is 0 Å². The molecule has 0 amide bonds. The molecule has 1 aliphatic heterocycles. The van der Waals surface area contributed by atoms with Gasteiger partial charge in [-0.05, 0) is 75.8 Å². The smallest absolute Gasteiger partial charge is 0.434 e. The van der Waals surface area contributed by atoms with Gasteiger partial charge in [0.1, 0.15) is 15.0 Å². The van der Waals surface area contributed by atoms with E-state index >= 15 is 0 Å². The first kappa shape index (κ1) is 31.8. The predicted molar refractivity (Wildman–Crippen MR) is 163 cm³/mol. The second-order valence-electron chi connectivity index (χ2n) is 10.5. The van der Waals surface area contributed by atoms with Gasteiger partial charge in [0.05, 0.1) is 17.0 Å². The third kappa shape index (κ3) is 11.1. The molecule has 2 rings (SSSR count). The fourth-order valence-corrected chi connectivity index (χ4v) is 8.94. The van der Waals surface area contributed by atoms with Gasteiger partial charge in [0, 0.05) is 5.92 Å². The van der Waals surface area contributed by atoms with Crippen molar-refractivity contribution in [1.29, 1.82) is 0 Å². The summed E-state index contributed by atoms with van der Waals surface area (Å²) in [4.78, 5) is 12.5. The summed E-state index contributed by atoms with van der Waals surface area (Å²) in [5.74, 6) is 0.716. The molecule has 0 N–H and O–H groups in total. The zero-order valence-corrected chi connectivity index (χ0v) is 26.4. The van der Waals surface area contributed by atoms with E-state index in [4.69, 9.17) is 18.6 Å². The highest BCUT2D eigenvalue weighted by Crippen LogP contribution is 2.41. The Balaban J connectivity index is 1.92. The van der Waals surface area contributed by atoms with Gasteiger partial charge >= 0.3 is 6.16 Å². The lowest BCUT2D eigenvalue weighted by Gasteiger charge is -2.40. The molecule has 208 valence electrons. The number of carbonyl (C=O) groups excluding carboxylic acids is 1. The summed E-state index contributed by atoms with van der Waals surface area (Å²) in [5, 5.41) is 0. The van der Waals surface area contributed by atoms with Crippen molar-refractivity contribution in [3.05, 3.63) is 11.6 Å². The Morgan fingerprint density at radius 1 is 1.08 bits per heavy atom. The second kappa shape index (κ2) is 18.0. The maximum absolute atomic E-state index is 12.5. The molecule has 1 heterocycles. The van der Waals surface area contributed by atoms with Gasteiger partial charge in [-0.3, -0.25) is 0 Å². The molecule has 0 fully saturated rings. The van der Waals surface area contributed by atoms with Gasteiger partial charge in [0.15, 0.2) is 0 Å². The molecule has 0 spiro atoms. The van der Waals surface area contributed by atoms with Crippen LogP contribution < -0.4 is 0 Å². The predicted octanol–water partition coefficient (Wildman–Crippen LogP) is 9.40. The van der Waals surface area contributed by atoms with Crippen LogP contribution in [0.4, 0.5) is 4.79 Å². The van der Waals surface area contributed by atoms with Crippen molar-refractivity contribution in [3.8, 4) is 0 Å². The van der Waals surface area contributed by atoms with Crippen molar-refractivity contribution in [2.45, 2.75) is 124 Å². The molecule has 1 aliphatic carbocycles. The topological polar surface area (TPSA) is 57.1 Å². The molecule has 2 aliphatic rings. The van der Waals surface area contributed by atoms with Crippen LogP contribution in [0.3, 0.4) is 0 Å². The van der Waals surface area contributed by atoms with Gasteiger partial charge < -0.3 is 14.2 Å². The van der Waals surface area contributed by atoms with E-state index in [9.17, 15) is 4.79 Å². The summed E-state index contributed by atoms with van der Waals surface area (Å²) >= 11 is 1.57. The first-order valence-electron chi connectivity index (χ1n) is 14.3. The summed E-state index contributed by atoms with van der Waals surface area (Å²) < 4.78 is 24.8. The van der Waals surface area contributed by atoms with E-state index in [-0.39, 0.29) is 26.6 Å². The molecule has 7 heteroatoms. The van der Waals surface area contributed by atoms with Crippen LogP contribution in [-0.2, 0) is 14.2 Å². The highest BCUT2D eigenvalue weighted by atomic mass is 127. The number of hydrogen-bond acceptors (Lipinski definition) is 6. The summed E-state index contributed by atoms with van der Waals surface area (Å²) in [5.41, 5.74) is 1.89. The van der Waals surface area contributed by atoms with Crippen LogP contribution in [-0.4, -0.2) is 38.1 Å². The Morgan fingerprint density at radius 2 is 1.78 bits per heavy atom. The minimum Gasteiger partial charge on any atom is -0.434 e. The Morgan fingerprint density at radius 3 is 2.50 bits per heavy atom. The van der Waals surface area contributed by atoms with Crippen LogP contribution in [0.2, 0.25) is 0 Å². The third-order valence-corrected chi connectivity index (χ3v) is 11.0. The lowest BCUT2D eigenvalue weighted by molar-refractivity contribution is -0.0641. The average molecular weight is 636 g/mol. The number of alkyl halides is 1. The highest BCUT2D eigenvalue weighted by molar-refractivity contribution is 14.2. The van der Waals surface area contributed by atoms with Crippen LogP contribution in [0, 0.1) is 11.8 Å². The Bertz CT molecular complexity index is 750. The summed E-state index contributed by atoms with van der Waals surface area (Å²) in [6, 6.07) is 0. The fraction of sp³-hybridized carbons (Fsp3) is 0.828. The van der Waals surface area contributed by atoms with E-state index in [2.05, 4.69) is 40.7 Å². The minimum atomic E-state index is -0.570. The van der Waals surface area contributed by atoms with Crippen molar-refractivity contribution in [3.63, 3.8) is 0 Å². The van der Waals surface area contributed by atoms with E-state index in [1.54, 1.807) is 11.9 Å². The maximum atomic E-state index is 12.5. The molecule has 0 saturated heterocycles. The lowest BCUT2D eigenvalue weighted by Crippen LogP contribution is -2.41. The van der Waals surface area contributed by atoms with Crippen molar-refractivity contribution in [2.24, 2.45) is 16.2 Å². The van der Waals surface area contributed by atoms with E-state index in [0.29, 0.717) is 12.5 Å². The Kier molecular flexibility index (Phi) is 15.9. The summed E-state index contributed by atoms with van der Waals surface area (Å²) in [6.07, 6.45) is 16.5. The van der Waals surface area contributed by atoms with Crippen LogP contribution in [0.15, 0.2) is 16.0 Å². The molecule has 0 aromatic heterocycles. The standard InChI is InChI=1S/C29H50INO4S/c1-6-9-11-13-15-20-34-28(32)35-29(4,5)25(8-3)23-17-16-18-24(21-23)26-27(30-22-36-31-26)33-19-14-12-10-7-2/h18,23,25H,6-17,19-22H2,1-5H3. The highest BCUT2D eigenvalue weighted by Gasteiger charge is 2.39. The van der Waals surface area contributed by atoms with Crippen molar-refractivity contribution in [1.82, 2.24) is 0 Å². The second-order valence-corrected chi connectivity index (χ2v) is 14.8. The van der Waals surface area contributed by atoms with Crippen molar-refractivity contribution < 1.29 is 19.0 Å². The van der Waals surface area contributed by atoms with Gasteiger partial charge in [-0.25, -0.2) is 9.19 Å². The van der Waals surface area contributed by atoms with Gasteiger partial charge in [-0.2, -0.15) is 0 Å². The average Bonchev–Trinajstić information content (AvgIpc) is 2.86. The zero-order chi connectivity index (χ0) is 26.2. The number of carbonyl (C=O) groups is 1. The number of ether oxygens (including phenoxy) is 3. The first-order chi connectivity index (χ1) is 17.4. The molecule has 0 saturated carbocycles. The maximum Gasteiger partial charge on any atom is 0.508 e. The zero-order valence-electron chi connectivity index (χ0n) is 23.4. The van der Waals surface area contributed by atoms with E-state index in [0.717, 1.165) is 61.0 Å². The molecule has 2 unspecified atom stereocenters. The van der Waals surface area contributed by atoms with Crippen LogP contribution in [0.5, 0.6) is 0 Å². The largest absolute Gasteiger partial charge is 0.508 e. The van der Waals surface area contributed by atoms with Gasteiger partial charge in [0.25, 0.3) is 0 Å². The number of hydrogen-bond donors (Lipinski definition) is 0. The van der Waals surface area contributed by atoms with E-state index in [1.165, 1.54) is 47.8 Å². The molecule has 0 aromatic carbocycles. The van der Waals surface area contributed by atoms with Gasteiger partial charge in [-0.15, -0.1) is 0 Å². The fourth-order valence-electron chi connectivity index (χ4n) is 5.29. The molecule has 5 nitrogen and oxygen atoms in total. The third-order valence-electron chi connectivity index (χ3n) is 7.22. The number of unbranched alkanes of at least 4 members (excludes halogenated alkanes) is 7.